The van der Waals surface area contributed by atoms with Crippen molar-refractivity contribution in [2.75, 3.05) is 6.54 Å². The van der Waals surface area contributed by atoms with E-state index in [1.54, 1.807) is 16.8 Å². The Labute approximate surface area is 105 Å². The van der Waals surface area contributed by atoms with Crippen molar-refractivity contribution in [3.8, 4) is 0 Å². The highest BCUT2D eigenvalue weighted by Gasteiger charge is 2.29. The number of rotatable bonds is 5. The maximum absolute atomic E-state index is 11.0. The van der Waals surface area contributed by atoms with E-state index in [2.05, 4.69) is 16.8 Å². The minimum atomic E-state index is -0.742. The molecule has 17 heavy (non-hydrogen) atoms. The number of aliphatic carboxylic acids is 1. The second kappa shape index (κ2) is 5.60. The summed E-state index contributed by atoms with van der Waals surface area (Å²) in [7, 11) is 0. The van der Waals surface area contributed by atoms with Crippen LogP contribution >= 0.6 is 11.3 Å². The number of thiazole rings is 1. The molecule has 1 unspecified atom stereocenters. The van der Waals surface area contributed by atoms with Crippen LogP contribution in [0.5, 0.6) is 0 Å². The van der Waals surface area contributed by atoms with Crippen LogP contribution in [0.25, 0.3) is 0 Å². The minimum absolute atomic E-state index is 0.129. The maximum atomic E-state index is 11.0. The third kappa shape index (κ3) is 3.04. The van der Waals surface area contributed by atoms with Gasteiger partial charge in [-0.15, -0.1) is 11.3 Å². The molecule has 1 aromatic rings. The Morgan fingerprint density at radius 2 is 2.35 bits per heavy atom. The summed E-state index contributed by atoms with van der Waals surface area (Å²) in [6.07, 6.45) is 6.53. The average Bonchev–Trinajstić information content (AvgIpc) is 2.96. The molecule has 4 nitrogen and oxygen atoms in total. The standard InChI is InChI=1S/C12H18N2O2S/c1-9(11-6-13-8-17-11)14(7-12(15)16)10-4-2-3-5-10/h6,8-10H,2-5,7H2,1H3,(H,15,16). The third-order valence-electron chi connectivity index (χ3n) is 3.47. The molecule has 0 saturated heterocycles. The minimum Gasteiger partial charge on any atom is -0.480 e. The zero-order chi connectivity index (χ0) is 12.3. The summed E-state index contributed by atoms with van der Waals surface area (Å²) >= 11 is 1.60. The molecule has 1 atom stereocenters. The molecule has 0 aliphatic heterocycles. The van der Waals surface area contributed by atoms with Gasteiger partial charge in [0, 0.05) is 23.2 Å². The molecule has 1 heterocycles. The molecule has 0 radical (unpaired) electrons. The van der Waals surface area contributed by atoms with E-state index < -0.39 is 5.97 Å². The van der Waals surface area contributed by atoms with E-state index in [4.69, 9.17) is 5.11 Å². The number of nitrogens with zero attached hydrogens (tertiary/aromatic N) is 2. The molecule has 0 spiro atoms. The number of carbonyl (C=O) groups is 1. The molecule has 94 valence electrons. The predicted molar refractivity (Wildman–Crippen MR) is 67.1 cm³/mol. The lowest BCUT2D eigenvalue weighted by molar-refractivity contribution is -0.139. The van der Waals surface area contributed by atoms with Gasteiger partial charge in [0.1, 0.15) is 0 Å². The summed E-state index contributed by atoms with van der Waals surface area (Å²) in [5, 5.41) is 9.04. The first-order valence-corrected chi connectivity index (χ1v) is 6.92. The number of hydrogen-bond donors (Lipinski definition) is 1. The van der Waals surface area contributed by atoms with Crippen molar-refractivity contribution in [2.24, 2.45) is 0 Å². The molecule has 1 fully saturated rings. The zero-order valence-corrected chi connectivity index (χ0v) is 10.8. The van der Waals surface area contributed by atoms with E-state index in [0.29, 0.717) is 6.04 Å². The second-order valence-electron chi connectivity index (χ2n) is 4.58. The van der Waals surface area contributed by atoms with Crippen molar-refractivity contribution < 1.29 is 9.90 Å². The molecule has 0 amide bonds. The van der Waals surface area contributed by atoms with Gasteiger partial charge in [0.15, 0.2) is 0 Å². The molecule has 1 aromatic heterocycles. The van der Waals surface area contributed by atoms with Crippen molar-refractivity contribution in [1.29, 1.82) is 0 Å². The molecule has 1 N–H and O–H groups in total. The van der Waals surface area contributed by atoms with Gasteiger partial charge in [0.05, 0.1) is 12.1 Å². The van der Waals surface area contributed by atoms with E-state index >= 15 is 0 Å². The summed E-state index contributed by atoms with van der Waals surface area (Å²) in [6, 6.07) is 0.574. The van der Waals surface area contributed by atoms with Gasteiger partial charge >= 0.3 is 5.97 Å². The first-order chi connectivity index (χ1) is 8.18. The summed E-state index contributed by atoms with van der Waals surface area (Å²) in [4.78, 5) is 18.3. The van der Waals surface area contributed by atoms with Gasteiger partial charge in [0.2, 0.25) is 0 Å². The molecule has 5 heteroatoms. The highest BCUT2D eigenvalue weighted by atomic mass is 32.1. The van der Waals surface area contributed by atoms with Crippen LogP contribution in [0.2, 0.25) is 0 Å². The smallest absolute Gasteiger partial charge is 0.317 e. The lowest BCUT2D eigenvalue weighted by Gasteiger charge is -2.32. The van der Waals surface area contributed by atoms with Gasteiger partial charge in [-0.3, -0.25) is 14.7 Å². The molecule has 1 aliphatic carbocycles. The highest BCUT2D eigenvalue weighted by Crippen LogP contribution is 2.31. The predicted octanol–water partition coefficient (Wildman–Crippen LogP) is 2.53. The van der Waals surface area contributed by atoms with E-state index in [1.165, 1.54) is 12.8 Å². The Morgan fingerprint density at radius 1 is 1.65 bits per heavy atom. The van der Waals surface area contributed by atoms with Gasteiger partial charge in [-0.2, -0.15) is 0 Å². The first-order valence-electron chi connectivity index (χ1n) is 6.04. The van der Waals surface area contributed by atoms with Crippen LogP contribution in [0.4, 0.5) is 0 Å². The molecular weight excluding hydrogens is 236 g/mol. The van der Waals surface area contributed by atoms with Crippen LogP contribution in [-0.4, -0.2) is 33.5 Å². The van der Waals surface area contributed by atoms with Crippen LogP contribution in [0.3, 0.4) is 0 Å². The lowest BCUT2D eigenvalue weighted by atomic mass is 10.1. The van der Waals surface area contributed by atoms with Gasteiger partial charge in [-0.1, -0.05) is 12.8 Å². The van der Waals surface area contributed by atoms with Crippen molar-refractivity contribution in [3.05, 3.63) is 16.6 Å². The molecule has 0 bridgehead atoms. The van der Waals surface area contributed by atoms with Crippen molar-refractivity contribution in [2.45, 2.75) is 44.7 Å². The maximum Gasteiger partial charge on any atom is 0.317 e. The topological polar surface area (TPSA) is 53.4 Å². The Morgan fingerprint density at radius 3 is 2.88 bits per heavy atom. The molecular formula is C12H18N2O2S. The Bertz CT molecular complexity index is 361. The van der Waals surface area contributed by atoms with Crippen molar-refractivity contribution in [1.82, 2.24) is 9.88 Å². The summed E-state index contributed by atoms with van der Waals surface area (Å²) < 4.78 is 0. The highest BCUT2D eigenvalue weighted by molar-refractivity contribution is 7.09. The van der Waals surface area contributed by atoms with E-state index in [9.17, 15) is 4.79 Å². The molecule has 1 aliphatic rings. The van der Waals surface area contributed by atoms with E-state index in [1.807, 2.05) is 6.20 Å². The summed E-state index contributed by atoms with van der Waals surface area (Å²) in [5.74, 6) is -0.742. The molecule has 1 saturated carbocycles. The van der Waals surface area contributed by atoms with Crippen LogP contribution in [0.1, 0.15) is 43.5 Å². The molecule has 0 aromatic carbocycles. The normalized spacial score (nSPS) is 18.7. The third-order valence-corrected chi connectivity index (χ3v) is 4.42. The zero-order valence-electron chi connectivity index (χ0n) is 10.0. The monoisotopic (exact) mass is 254 g/mol. The van der Waals surface area contributed by atoms with Crippen LogP contribution in [0, 0.1) is 0 Å². The Balaban J connectivity index is 2.11. The fourth-order valence-corrected chi connectivity index (χ4v) is 3.27. The Hall–Kier alpha value is -0.940. The Kier molecular flexibility index (Phi) is 4.12. The van der Waals surface area contributed by atoms with Gasteiger partial charge < -0.3 is 5.11 Å². The van der Waals surface area contributed by atoms with Gasteiger partial charge in [-0.25, -0.2) is 0 Å². The number of carboxylic acids is 1. The molecule has 2 rings (SSSR count). The van der Waals surface area contributed by atoms with Gasteiger partial charge in [0.25, 0.3) is 0 Å². The van der Waals surface area contributed by atoms with Crippen molar-refractivity contribution >= 4 is 17.3 Å². The number of aromatic nitrogens is 1. The SMILES string of the molecule is CC(c1cncs1)N(CC(=O)O)C1CCCC1. The summed E-state index contributed by atoms with van der Waals surface area (Å²) in [5.41, 5.74) is 1.80. The number of carboxylic acid groups (broad SMARTS) is 1. The van der Waals surface area contributed by atoms with Crippen molar-refractivity contribution in [3.63, 3.8) is 0 Å². The van der Waals surface area contributed by atoms with E-state index in [-0.39, 0.29) is 12.6 Å². The van der Waals surface area contributed by atoms with Crippen LogP contribution < -0.4 is 0 Å². The first kappa shape index (κ1) is 12.5. The fraction of sp³-hybridized carbons (Fsp3) is 0.667. The average molecular weight is 254 g/mol. The lowest BCUT2D eigenvalue weighted by Crippen LogP contribution is -2.39. The van der Waals surface area contributed by atoms with E-state index in [0.717, 1.165) is 17.7 Å². The van der Waals surface area contributed by atoms with Crippen LogP contribution in [0.15, 0.2) is 11.7 Å². The number of hydrogen-bond acceptors (Lipinski definition) is 4. The second-order valence-corrected chi connectivity index (χ2v) is 5.50. The fourth-order valence-electron chi connectivity index (χ4n) is 2.57. The summed E-state index contributed by atoms with van der Waals surface area (Å²) in [6.45, 7) is 2.21. The quantitative estimate of drug-likeness (QED) is 0.877. The van der Waals surface area contributed by atoms with Gasteiger partial charge in [-0.05, 0) is 19.8 Å². The van der Waals surface area contributed by atoms with Crippen LogP contribution in [-0.2, 0) is 4.79 Å². The largest absolute Gasteiger partial charge is 0.480 e.